The van der Waals surface area contributed by atoms with Crippen LogP contribution in [0.15, 0.2) is 16.6 Å². The van der Waals surface area contributed by atoms with Gasteiger partial charge in [-0.15, -0.1) is 0 Å². The van der Waals surface area contributed by atoms with Gasteiger partial charge in [-0.1, -0.05) is 0 Å². The first kappa shape index (κ1) is 15.6. The smallest absolute Gasteiger partial charge is 0.172 e. The standard InChI is InChI=1S/C15H23BrN2O2/c1-11(2)18-6-4-17(5-7-18)10-12-8-13(16)15(19)14(9-12)20-3/h8-9,11,19H,4-7,10H2,1-3H3. The predicted molar refractivity (Wildman–Crippen MR) is 84.3 cm³/mol. The molecule has 2 rings (SSSR count). The minimum atomic E-state index is 0.167. The molecule has 20 heavy (non-hydrogen) atoms. The van der Waals surface area contributed by atoms with Crippen LogP contribution in [0.3, 0.4) is 0 Å². The molecule has 1 saturated heterocycles. The van der Waals surface area contributed by atoms with E-state index in [-0.39, 0.29) is 5.75 Å². The summed E-state index contributed by atoms with van der Waals surface area (Å²) in [5.41, 5.74) is 1.16. The number of piperazine rings is 1. The summed E-state index contributed by atoms with van der Waals surface area (Å²) in [6.07, 6.45) is 0. The number of aromatic hydroxyl groups is 1. The Hall–Kier alpha value is -0.780. The summed E-state index contributed by atoms with van der Waals surface area (Å²) in [5, 5.41) is 9.83. The Morgan fingerprint density at radius 3 is 2.45 bits per heavy atom. The highest BCUT2D eigenvalue weighted by atomic mass is 79.9. The summed E-state index contributed by atoms with van der Waals surface area (Å²) >= 11 is 3.37. The molecule has 112 valence electrons. The Balaban J connectivity index is 1.99. The molecular formula is C15H23BrN2O2. The average molecular weight is 343 g/mol. The molecular weight excluding hydrogens is 320 g/mol. The molecule has 1 aliphatic heterocycles. The second-order valence-corrected chi connectivity index (χ2v) is 6.39. The third kappa shape index (κ3) is 3.65. The van der Waals surface area contributed by atoms with Crippen LogP contribution in [0.4, 0.5) is 0 Å². The number of methoxy groups -OCH3 is 1. The maximum atomic E-state index is 9.83. The van der Waals surface area contributed by atoms with E-state index < -0.39 is 0 Å². The normalized spacial score (nSPS) is 17.6. The first-order chi connectivity index (χ1) is 9.51. The molecule has 1 fully saturated rings. The Morgan fingerprint density at radius 2 is 1.90 bits per heavy atom. The fourth-order valence-electron chi connectivity index (χ4n) is 2.57. The first-order valence-corrected chi connectivity index (χ1v) is 7.82. The Morgan fingerprint density at radius 1 is 1.25 bits per heavy atom. The minimum absolute atomic E-state index is 0.167. The second kappa shape index (κ2) is 6.78. The van der Waals surface area contributed by atoms with Gasteiger partial charge in [0.25, 0.3) is 0 Å². The lowest BCUT2D eigenvalue weighted by Crippen LogP contribution is -2.48. The van der Waals surface area contributed by atoms with Gasteiger partial charge in [-0.2, -0.15) is 0 Å². The largest absolute Gasteiger partial charge is 0.503 e. The lowest BCUT2D eigenvalue weighted by molar-refractivity contribution is 0.104. The van der Waals surface area contributed by atoms with Gasteiger partial charge in [0.2, 0.25) is 0 Å². The van der Waals surface area contributed by atoms with Crippen molar-refractivity contribution in [3.8, 4) is 11.5 Å². The molecule has 0 radical (unpaired) electrons. The van der Waals surface area contributed by atoms with Crippen LogP contribution in [-0.4, -0.2) is 54.2 Å². The van der Waals surface area contributed by atoms with E-state index in [0.717, 1.165) is 38.3 Å². The number of phenolic OH excluding ortho intramolecular Hbond substituents is 1. The van der Waals surface area contributed by atoms with Crippen LogP contribution in [0.2, 0.25) is 0 Å². The van der Waals surface area contributed by atoms with Crippen molar-refractivity contribution in [1.29, 1.82) is 0 Å². The third-order valence-electron chi connectivity index (χ3n) is 3.85. The van der Waals surface area contributed by atoms with Gasteiger partial charge in [-0.05, 0) is 47.5 Å². The van der Waals surface area contributed by atoms with Gasteiger partial charge in [0.1, 0.15) is 0 Å². The molecule has 0 atom stereocenters. The van der Waals surface area contributed by atoms with Crippen molar-refractivity contribution in [2.75, 3.05) is 33.3 Å². The van der Waals surface area contributed by atoms with Crippen molar-refractivity contribution < 1.29 is 9.84 Å². The van der Waals surface area contributed by atoms with Crippen molar-refractivity contribution in [3.05, 3.63) is 22.2 Å². The van der Waals surface area contributed by atoms with Gasteiger partial charge in [0, 0.05) is 38.8 Å². The summed E-state index contributed by atoms with van der Waals surface area (Å²) < 4.78 is 5.89. The maximum Gasteiger partial charge on any atom is 0.172 e. The lowest BCUT2D eigenvalue weighted by atomic mass is 10.1. The van der Waals surface area contributed by atoms with Crippen LogP contribution in [0, 0.1) is 0 Å². The maximum absolute atomic E-state index is 9.83. The van der Waals surface area contributed by atoms with Crippen molar-refractivity contribution in [3.63, 3.8) is 0 Å². The van der Waals surface area contributed by atoms with Gasteiger partial charge in [-0.25, -0.2) is 0 Å². The van der Waals surface area contributed by atoms with Crippen molar-refractivity contribution in [2.45, 2.75) is 26.4 Å². The number of nitrogens with zero attached hydrogens (tertiary/aromatic N) is 2. The van der Waals surface area contributed by atoms with Crippen molar-refractivity contribution in [2.24, 2.45) is 0 Å². The Kier molecular flexibility index (Phi) is 5.29. The van der Waals surface area contributed by atoms with E-state index in [0.29, 0.717) is 16.3 Å². The highest BCUT2D eigenvalue weighted by Gasteiger charge is 2.19. The fourth-order valence-corrected chi connectivity index (χ4v) is 3.06. The second-order valence-electron chi connectivity index (χ2n) is 5.53. The number of hydrogen-bond acceptors (Lipinski definition) is 4. The van der Waals surface area contributed by atoms with E-state index in [2.05, 4.69) is 39.6 Å². The monoisotopic (exact) mass is 342 g/mol. The third-order valence-corrected chi connectivity index (χ3v) is 4.46. The average Bonchev–Trinajstić information content (AvgIpc) is 2.43. The number of ether oxygens (including phenoxy) is 1. The van der Waals surface area contributed by atoms with Gasteiger partial charge in [-0.3, -0.25) is 9.80 Å². The summed E-state index contributed by atoms with van der Waals surface area (Å²) in [6, 6.07) is 4.50. The van der Waals surface area contributed by atoms with Crippen LogP contribution in [-0.2, 0) is 6.54 Å². The van der Waals surface area contributed by atoms with Crippen molar-refractivity contribution in [1.82, 2.24) is 9.80 Å². The number of phenols is 1. The van der Waals surface area contributed by atoms with E-state index in [4.69, 9.17) is 4.74 Å². The zero-order valence-electron chi connectivity index (χ0n) is 12.4. The van der Waals surface area contributed by atoms with E-state index in [1.165, 1.54) is 0 Å². The van der Waals surface area contributed by atoms with E-state index in [9.17, 15) is 5.11 Å². The van der Waals surface area contributed by atoms with Gasteiger partial charge < -0.3 is 9.84 Å². The molecule has 0 bridgehead atoms. The number of benzene rings is 1. The molecule has 1 heterocycles. The molecule has 0 saturated carbocycles. The van der Waals surface area contributed by atoms with Crippen LogP contribution < -0.4 is 4.74 Å². The number of rotatable bonds is 4. The van der Waals surface area contributed by atoms with Gasteiger partial charge >= 0.3 is 0 Å². The van der Waals surface area contributed by atoms with E-state index >= 15 is 0 Å². The molecule has 0 aliphatic carbocycles. The molecule has 0 unspecified atom stereocenters. The predicted octanol–water partition coefficient (Wildman–Crippen LogP) is 2.69. The lowest BCUT2D eigenvalue weighted by Gasteiger charge is -2.37. The van der Waals surface area contributed by atoms with Crippen molar-refractivity contribution >= 4 is 15.9 Å². The molecule has 1 aromatic rings. The highest BCUT2D eigenvalue weighted by molar-refractivity contribution is 9.10. The summed E-state index contributed by atoms with van der Waals surface area (Å²) in [7, 11) is 1.58. The van der Waals surface area contributed by atoms with Crippen LogP contribution in [0.1, 0.15) is 19.4 Å². The zero-order valence-corrected chi connectivity index (χ0v) is 14.0. The van der Waals surface area contributed by atoms with Crippen LogP contribution >= 0.6 is 15.9 Å². The molecule has 4 nitrogen and oxygen atoms in total. The molecule has 1 aromatic carbocycles. The number of halogens is 1. The Labute approximate surface area is 129 Å². The molecule has 1 N–H and O–H groups in total. The first-order valence-electron chi connectivity index (χ1n) is 7.03. The van der Waals surface area contributed by atoms with E-state index in [1.54, 1.807) is 7.11 Å². The topological polar surface area (TPSA) is 35.9 Å². The van der Waals surface area contributed by atoms with Crippen LogP contribution in [0.25, 0.3) is 0 Å². The quantitative estimate of drug-likeness (QED) is 0.912. The van der Waals surface area contributed by atoms with Gasteiger partial charge in [0.15, 0.2) is 11.5 Å². The summed E-state index contributed by atoms with van der Waals surface area (Å²) in [6.45, 7) is 9.79. The minimum Gasteiger partial charge on any atom is -0.503 e. The molecule has 0 spiro atoms. The highest BCUT2D eigenvalue weighted by Crippen LogP contribution is 2.35. The summed E-state index contributed by atoms with van der Waals surface area (Å²) in [5.74, 6) is 0.691. The SMILES string of the molecule is COc1cc(CN2CCN(C(C)C)CC2)cc(Br)c1O. The van der Waals surface area contributed by atoms with E-state index in [1.807, 2.05) is 12.1 Å². The molecule has 1 aliphatic rings. The summed E-state index contributed by atoms with van der Waals surface area (Å²) in [4.78, 5) is 4.95. The van der Waals surface area contributed by atoms with Crippen LogP contribution in [0.5, 0.6) is 11.5 Å². The molecule has 0 aromatic heterocycles. The zero-order chi connectivity index (χ0) is 14.7. The fraction of sp³-hybridized carbons (Fsp3) is 0.600. The Bertz CT molecular complexity index is 457. The molecule has 0 amide bonds. The molecule has 5 heteroatoms. The van der Waals surface area contributed by atoms with Gasteiger partial charge in [0.05, 0.1) is 11.6 Å². The number of hydrogen-bond donors (Lipinski definition) is 1.